The van der Waals surface area contributed by atoms with E-state index in [0.29, 0.717) is 11.0 Å². The molecule has 0 heterocycles. The van der Waals surface area contributed by atoms with Gasteiger partial charge in [-0.3, -0.25) is 9.36 Å². The number of allylic oxidation sites excluding steroid dienone is 3. The third-order valence-electron chi connectivity index (χ3n) is 9.57. The Balaban J connectivity index is 4.26. The van der Waals surface area contributed by atoms with Gasteiger partial charge in [0, 0.05) is 6.42 Å². The number of hydrogen-bond acceptors (Lipinski definition) is 7. The third kappa shape index (κ3) is 41.8. The predicted molar refractivity (Wildman–Crippen MR) is 222 cm³/mol. The van der Waals surface area contributed by atoms with E-state index in [4.69, 9.17) is 18.5 Å². The maximum absolute atomic E-state index is 12.6. The Morgan fingerprint density at radius 2 is 1.00 bits per heavy atom. The molecule has 9 heteroatoms. The van der Waals surface area contributed by atoms with Crippen LogP contribution in [0.15, 0.2) is 24.5 Å². The van der Waals surface area contributed by atoms with E-state index in [2.05, 4.69) is 26.0 Å². The number of rotatable bonds is 41. The van der Waals surface area contributed by atoms with Crippen molar-refractivity contribution in [3.8, 4) is 0 Å². The molecule has 8 nitrogen and oxygen atoms in total. The first-order valence-electron chi connectivity index (χ1n) is 22.1. The summed E-state index contributed by atoms with van der Waals surface area (Å²) in [6.45, 7) is 4.73. The van der Waals surface area contributed by atoms with Crippen LogP contribution in [-0.4, -0.2) is 64.1 Å². The van der Waals surface area contributed by atoms with Crippen molar-refractivity contribution in [3.63, 3.8) is 0 Å². The van der Waals surface area contributed by atoms with Gasteiger partial charge in [0.05, 0.1) is 34.0 Å². The lowest BCUT2D eigenvalue weighted by atomic mass is 10.0. The first-order valence-corrected chi connectivity index (χ1v) is 23.6. The zero-order valence-corrected chi connectivity index (χ0v) is 36.4. The number of likely N-dealkylation sites (N-methyl/N-ethyl adjacent to an activating group) is 1. The molecule has 2 atom stereocenters. The Bertz CT molecular complexity index is 905. The number of phosphoric acid groups is 1. The quantitative estimate of drug-likeness (QED) is 0.0152. The predicted octanol–water partition coefficient (Wildman–Crippen LogP) is 12.5. The first-order chi connectivity index (χ1) is 25.6. The maximum atomic E-state index is 12.6. The molecule has 0 saturated carbocycles. The van der Waals surface area contributed by atoms with E-state index in [9.17, 15) is 14.3 Å². The van der Waals surface area contributed by atoms with Gasteiger partial charge in [-0.15, -0.1) is 0 Å². The molecule has 0 aromatic heterocycles. The van der Waals surface area contributed by atoms with Gasteiger partial charge in [-0.1, -0.05) is 161 Å². The maximum Gasteiger partial charge on any atom is 0.306 e. The minimum Gasteiger partial charge on any atom is -0.756 e. The SMILES string of the molecule is CCCCCCCC/C=C/CCCCCC(=O)O[C@H](CO/C=C/CCCCCCCCCCCCCCCCCC)COP(=O)([O-])OCC[N+](C)(C)C. The monoisotopic (exact) mass is 772 g/mol. The van der Waals surface area contributed by atoms with Gasteiger partial charge in [0.25, 0.3) is 7.82 Å². The molecule has 0 radical (unpaired) electrons. The lowest BCUT2D eigenvalue weighted by Gasteiger charge is -2.28. The van der Waals surface area contributed by atoms with E-state index in [1.165, 1.54) is 135 Å². The fraction of sp³-hybridized carbons (Fsp3) is 0.886. The van der Waals surface area contributed by atoms with Gasteiger partial charge < -0.3 is 27.9 Å². The summed E-state index contributed by atoms with van der Waals surface area (Å²) in [5.41, 5.74) is 0. The number of unbranched alkanes of at least 4 members (excludes halogenated alkanes) is 25. The van der Waals surface area contributed by atoms with Crippen molar-refractivity contribution >= 4 is 13.8 Å². The van der Waals surface area contributed by atoms with Crippen molar-refractivity contribution in [2.75, 3.05) is 47.5 Å². The number of phosphoric ester groups is 1. The lowest BCUT2D eigenvalue weighted by Crippen LogP contribution is -2.37. The second kappa shape index (κ2) is 37.7. The van der Waals surface area contributed by atoms with Crippen LogP contribution in [0, 0.1) is 0 Å². The largest absolute Gasteiger partial charge is 0.756 e. The number of ether oxygens (including phenoxy) is 2. The summed E-state index contributed by atoms with van der Waals surface area (Å²) in [6, 6.07) is 0. The number of hydrogen-bond donors (Lipinski definition) is 0. The molecule has 0 aliphatic rings. The number of esters is 1. The second-order valence-corrected chi connectivity index (χ2v) is 17.5. The molecule has 0 aliphatic carbocycles. The minimum absolute atomic E-state index is 0.0154. The Morgan fingerprint density at radius 3 is 1.45 bits per heavy atom. The van der Waals surface area contributed by atoms with Gasteiger partial charge in [-0.25, -0.2) is 0 Å². The standard InChI is InChI=1S/C44H86NO7P/c1-6-8-10-12-14-16-18-20-21-22-23-24-26-28-30-32-34-36-39-49-41-43(42-51-53(47,48)50-40-38-45(3,4)5)52-44(46)37-35-33-31-29-27-25-19-17-15-13-11-9-7-2/h25,27,36,39,43H,6-24,26,28-35,37-38,40-42H2,1-5H3/b27-25+,39-36+/t43-/m1/s1. The van der Waals surface area contributed by atoms with Crippen LogP contribution < -0.4 is 4.89 Å². The highest BCUT2D eigenvalue weighted by Crippen LogP contribution is 2.38. The molecular formula is C44H86NO7P. The van der Waals surface area contributed by atoms with Crippen LogP contribution in [0.2, 0.25) is 0 Å². The molecular weight excluding hydrogens is 685 g/mol. The van der Waals surface area contributed by atoms with Gasteiger partial charge in [0.1, 0.15) is 19.8 Å². The van der Waals surface area contributed by atoms with Crippen molar-refractivity contribution in [1.82, 2.24) is 0 Å². The van der Waals surface area contributed by atoms with Crippen LogP contribution in [-0.2, 0) is 27.9 Å². The normalized spacial score (nSPS) is 13.9. The molecule has 0 saturated heterocycles. The van der Waals surface area contributed by atoms with E-state index in [-0.39, 0.29) is 32.2 Å². The Morgan fingerprint density at radius 1 is 0.585 bits per heavy atom. The molecule has 0 bridgehead atoms. The van der Waals surface area contributed by atoms with E-state index in [1.54, 1.807) is 6.26 Å². The Labute approximate surface area is 328 Å². The fourth-order valence-electron chi connectivity index (χ4n) is 6.09. The molecule has 0 spiro atoms. The van der Waals surface area contributed by atoms with E-state index >= 15 is 0 Å². The Hall–Kier alpha value is -1.18. The summed E-state index contributed by atoms with van der Waals surface area (Å²) in [5, 5.41) is 0. The number of carbonyl (C=O) groups is 1. The van der Waals surface area contributed by atoms with Gasteiger partial charge in [0.2, 0.25) is 0 Å². The molecule has 0 fully saturated rings. The molecule has 0 aromatic rings. The van der Waals surface area contributed by atoms with Crippen molar-refractivity contribution in [2.24, 2.45) is 0 Å². The van der Waals surface area contributed by atoms with Crippen LogP contribution in [0.3, 0.4) is 0 Å². The average Bonchev–Trinajstić information content (AvgIpc) is 3.11. The highest BCUT2D eigenvalue weighted by molar-refractivity contribution is 7.45. The lowest BCUT2D eigenvalue weighted by molar-refractivity contribution is -0.870. The van der Waals surface area contributed by atoms with E-state index in [1.807, 2.05) is 27.2 Å². The summed E-state index contributed by atoms with van der Waals surface area (Å²) < 4.78 is 34.3. The zero-order chi connectivity index (χ0) is 39.1. The first kappa shape index (κ1) is 51.8. The second-order valence-electron chi connectivity index (χ2n) is 16.1. The molecule has 0 N–H and O–H groups in total. The van der Waals surface area contributed by atoms with Gasteiger partial charge in [-0.05, 0) is 51.0 Å². The molecule has 314 valence electrons. The molecule has 0 rings (SSSR count). The highest BCUT2D eigenvalue weighted by Gasteiger charge is 2.20. The minimum atomic E-state index is -4.54. The van der Waals surface area contributed by atoms with Crippen molar-refractivity contribution in [2.45, 2.75) is 206 Å². The zero-order valence-electron chi connectivity index (χ0n) is 35.5. The Kier molecular flexibility index (Phi) is 36.9. The molecule has 0 amide bonds. The highest BCUT2D eigenvalue weighted by atomic mass is 31.2. The van der Waals surface area contributed by atoms with E-state index in [0.717, 1.165) is 44.9 Å². The smallest absolute Gasteiger partial charge is 0.306 e. The number of quaternary nitrogens is 1. The summed E-state index contributed by atoms with van der Waals surface area (Å²) in [7, 11) is 1.32. The summed E-state index contributed by atoms with van der Waals surface area (Å²) in [6.07, 6.45) is 42.9. The topological polar surface area (TPSA) is 94.1 Å². The summed E-state index contributed by atoms with van der Waals surface area (Å²) in [4.78, 5) is 25.0. The molecule has 0 aliphatic heterocycles. The van der Waals surface area contributed by atoms with Crippen LogP contribution in [0.4, 0.5) is 0 Å². The van der Waals surface area contributed by atoms with Crippen molar-refractivity contribution in [3.05, 3.63) is 24.5 Å². The van der Waals surface area contributed by atoms with Crippen LogP contribution in [0.1, 0.15) is 200 Å². The average molecular weight is 772 g/mol. The van der Waals surface area contributed by atoms with Crippen LogP contribution >= 0.6 is 7.82 Å². The summed E-state index contributed by atoms with van der Waals surface area (Å²) in [5.74, 6) is -0.371. The third-order valence-corrected chi connectivity index (χ3v) is 10.5. The molecule has 53 heavy (non-hydrogen) atoms. The molecule has 1 unspecified atom stereocenters. The van der Waals surface area contributed by atoms with Crippen LogP contribution in [0.5, 0.6) is 0 Å². The number of carbonyl (C=O) groups excluding carboxylic acids is 1. The van der Waals surface area contributed by atoms with E-state index < -0.39 is 13.9 Å². The van der Waals surface area contributed by atoms with Gasteiger partial charge in [0.15, 0.2) is 6.10 Å². The van der Waals surface area contributed by atoms with Crippen molar-refractivity contribution in [1.29, 1.82) is 0 Å². The van der Waals surface area contributed by atoms with Gasteiger partial charge in [-0.2, -0.15) is 0 Å². The summed E-state index contributed by atoms with van der Waals surface area (Å²) >= 11 is 0. The number of nitrogens with zero attached hydrogens (tertiary/aromatic N) is 1. The fourth-order valence-corrected chi connectivity index (χ4v) is 6.82. The van der Waals surface area contributed by atoms with Gasteiger partial charge >= 0.3 is 5.97 Å². The van der Waals surface area contributed by atoms with Crippen LogP contribution in [0.25, 0.3) is 0 Å². The van der Waals surface area contributed by atoms with Crippen molar-refractivity contribution < 1.29 is 37.3 Å². The molecule has 0 aromatic carbocycles.